The lowest BCUT2D eigenvalue weighted by molar-refractivity contribution is -0.120. The van der Waals surface area contributed by atoms with Crippen molar-refractivity contribution in [1.82, 2.24) is 24.7 Å². The summed E-state index contributed by atoms with van der Waals surface area (Å²) < 4.78 is 21.3. The Morgan fingerprint density at radius 1 is 1.23 bits per heavy atom. The van der Waals surface area contributed by atoms with Gasteiger partial charge >= 0.3 is 0 Å². The summed E-state index contributed by atoms with van der Waals surface area (Å²) in [5.74, 6) is 1.06. The Bertz CT molecular complexity index is 1430. The van der Waals surface area contributed by atoms with E-state index >= 15 is 0 Å². The Labute approximate surface area is 199 Å². The van der Waals surface area contributed by atoms with Crippen molar-refractivity contribution in [3.63, 3.8) is 0 Å². The lowest BCUT2D eigenvalue weighted by Crippen LogP contribution is -2.26. The number of anilines is 2. The van der Waals surface area contributed by atoms with Gasteiger partial charge in [-0.15, -0.1) is 0 Å². The molecule has 3 aromatic heterocycles. The molecule has 6 rings (SSSR count). The maximum atomic E-state index is 14.3. The minimum atomic E-state index is -0.338. The summed E-state index contributed by atoms with van der Waals surface area (Å²) in [4.78, 5) is 25.7. The molecule has 35 heavy (non-hydrogen) atoms. The number of aromatic nitrogens is 5. The van der Waals surface area contributed by atoms with Gasteiger partial charge in [0, 0.05) is 17.5 Å². The van der Waals surface area contributed by atoms with Crippen LogP contribution in [0.2, 0.25) is 0 Å². The first-order valence-corrected chi connectivity index (χ1v) is 11.4. The van der Waals surface area contributed by atoms with E-state index in [0.29, 0.717) is 34.4 Å². The van der Waals surface area contributed by atoms with Crippen LogP contribution in [0.1, 0.15) is 18.4 Å². The molecule has 10 heteroatoms. The summed E-state index contributed by atoms with van der Waals surface area (Å²) in [5, 5.41) is 7.45. The van der Waals surface area contributed by atoms with E-state index in [1.54, 1.807) is 28.9 Å². The molecule has 1 saturated carbocycles. The number of hydrogen-bond acceptors (Lipinski definition) is 7. The van der Waals surface area contributed by atoms with Crippen molar-refractivity contribution in [1.29, 1.82) is 0 Å². The Kier molecular flexibility index (Phi) is 5.13. The third kappa shape index (κ3) is 3.96. The molecule has 1 aromatic carbocycles. The number of nitrogens with two attached hydrogens (primary N) is 1. The maximum Gasteiger partial charge on any atom is 0.244 e. The fraction of sp³-hybridized carbons (Fsp3) is 0.240. The van der Waals surface area contributed by atoms with Gasteiger partial charge in [-0.25, -0.2) is 19.3 Å². The monoisotopic (exact) mass is 471 g/mol. The van der Waals surface area contributed by atoms with E-state index in [2.05, 4.69) is 37.5 Å². The highest BCUT2D eigenvalue weighted by atomic mass is 19.1. The molecule has 1 amide bonds. The van der Waals surface area contributed by atoms with Crippen LogP contribution in [0.3, 0.4) is 0 Å². The van der Waals surface area contributed by atoms with Crippen LogP contribution in [0.15, 0.2) is 65.6 Å². The normalized spacial score (nSPS) is 20.4. The number of oxazole rings is 1. The minimum Gasteiger partial charge on any atom is -0.443 e. The van der Waals surface area contributed by atoms with Crippen molar-refractivity contribution < 1.29 is 13.6 Å². The predicted molar refractivity (Wildman–Crippen MR) is 126 cm³/mol. The molecular weight excluding hydrogens is 449 g/mol. The molecule has 3 heterocycles. The van der Waals surface area contributed by atoms with Crippen LogP contribution in [0.4, 0.5) is 15.9 Å². The zero-order chi connectivity index (χ0) is 23.9. The molecule has 4 aromatic rings. The van der Waals surface area contributed by atoms with Gasteiger partial charge in [0.15, 0.2) is 11.6 Å². The van der Waals surface area contributed by atoms with Gasteiger partial charge in [0.1, 0.15) is 29.2 Å². The molecule has 9 nitrogen and oxygen atoms in total. The largest absolute Gasteiger partial charge is 0.443 e. The van der Waals surface area contributed by atoms with E-state index in [0.717, 1.165) is 12.8 Å². The Balaban J connectivity index is 1.27. The van der Waals surface area contributed by atoms with Crippen LogP contribution in [-0.4, -0.2) is 30.6 Å². The third-order valence-electron chi connectivity index (χ3n) is 6.63. The molecule has 0 radical (unpaired) electrons. The molecule has 2 aliphatic carbocycles. The number of fused-ring (bicyclic) bond motifs is 2. The number of nitrogens with zero attached hydrogens (tertiary/aromatic N) is 5. The van der Waals surface area contributed by atoms with E-state index in [1.165, 1.54) is 24.7 Å². The highest BCUT2D eigenvalue weighted by Gasteiger charge is 2.40. The summed E-state index contributed by atoms with van der Waals surface area (Å²) >= 11 is 0. The molecule has 0 aliphatic heterocycles. The van der Waals surface area contributed by atoms with E-state index < -0.39 is 0 Å². The SMILES string of the molecule is Nc1nc(-c2cc(-c3ncco3)n(Cc3ccccc3F)n2)ncc1NC(=O)C1CC2C=C[C@H]1C2. The second-order valence-electron chi connectivity index (χ2n) is 8.87. The summed E-state index contributed by atoms with van der Waals surface area (Å²) in [6.45, 7) is 0.159. The topological polar surface area (TPSA) is 125 Å². The molecule has 0 saturated heterocycles. The van der Waals surface area contributed by atoms with Crippen LogP contribution in [0, 0.1) is 23.6 Å². The molecule has 2 aliphatic rings. The summed E-state index contributed by atoms with van der Waals surface area (Å²) in [5.41, 5.74) is 7.95. The van der Waals surface area contributed by atoms with Crippen LogP contribution in [0.25, 0.3) is 23.1 Å². The van der Waals surface area contributed by atoms with E-state index in [-0.39, 0.29) is 41.7 Å². The van der Waals surface area contributed by atoms with Gasteiger partial charge in [0.25, 0.3) is 0 Å². The minimum absolute atomic E-state index is 0.0542. The molecule has 3 atom stereocenters. The second-order valence-corrected chi connectivity index (χ2v) is 8.87. The van der Waals surface area contributed by atoms with E-state index in [4.69, 9.17) is 10.2 Å². The van der Waals surface area contributed by atoms with Gasteiger partial charge in [-0.05, 0) is 30.7 Å². The zero-order valence-corrected chi connectivity index (χ0v) is 18.6. The first-order valence-electron chi connectivity index (χ1n) is 11.4. The molecule has 2 bridgehead atoms. The number of amides is 1. The van der Waals surface area contributed by atoms with Crippen molar-refractivity contribution in [2.75, 3.05) is 11.1 Å². The van der Waals surface area contributed by atoms with Crippen LogP contribution < -0.4 is 11.1 Å². The molecule has 1 fully saturated rings. The van der Waals surface area contributed by atoms with Crippen molar-refractivity contribution in [2.24, 2.45) is 17.8 Å². The van der Waals surface area contributed by atoms with Gasteiger partial charge < -0.3 is 15.5 Å². The Hall–Kier alpha value is -4.34. The zero-order valence-electron chi connectivity index (χ0n) is 18.6. The average molecular weight is 471 g/mol. The molecular formula is C25H22FN7O2. The number of rotatable bonds is 6. The predicted octanol–water partition coefficient (Wildman–Crippen LogP) is 3.92. The maximum absolute atomic E-state index is 14.3. The van der Waals surface area contributed by atoms with E-state index in [9.17, 15) is 9.18 Å². The van der Waals surface area contributed by atoms with Crippen molar-refractivity contribution in [3.8, 4) is 23.1 Å². The number of halogens is 1. The first-order chi connectivity index (χ1) is 17.0. The van der Waals surface area contributed by atoms with Crippen molar-refractivity contribution in [3.05, 3.63) is 72.5 Å². The van der Waals surface area contributed by atoms with Gasteiger partial charge in [-0.1, -0.05) is 30.4 Å². The third-order valence-corrected chi connectivity index (χ3v) is 6.63. The van der Waals surface area contributed by atoms with Gasteiger partial charge in [0.05, 0.1) is 18.9 Å². The fourth-order valence-electron chi connectivity index (χ4n) is 4.88. The Morgan fingerprint density at radius 3 is 2.83 bits per heavy atom. The van der Waals surface area contributed by atoms with Crippen LogP contribution >= 0.6 is 0 Å². The molecule has 3 N–H and O–H groups in total. The van der Waals surface area contributed by atoms with Crippen LogP contribution in [0.5, 0.6) is 0 Å². The number of carbonyl (C=O) groups is 1. The molecule has 176 valence electrons. The van der Waals surface area contributed by atoms with Crippen molar-refractivity contribution in [2.45, 2.75) is 19.4 Å². The number of carbonyl (C=O) groups excluding carboxylic acids is 1. The lowest BCUT2D eigenvalue weighted by Gasteiger charge is -2.17. The van der Waals surface area contributed by atoms with E-state index in [1.807, 2.05) is 0 Å². The number of nitrogen functional groups attached to an aromatic ring is 1. The highest BCUT2D eigenvalue weighted by molar-refractivity contribution is 5.95. The smallest absolute Gasteiger partial charge is 0.244 e. The lowest BCUT2D eigenvalue weighted by atomic mass is 9.93. The second kappa shape index (κ2) is 8.46. The fourth-order valence-corrected chi connectivity index (χ4v) is 4.88. The number of allylic oxidation sites excluding steroid dienone is 2. The summed E-state index contributed by atoms with van der Waals surface area (Å²) in [6.07, 6.45) is 10.7. The molecule has 2 unspecified atom stereocenters. The van der Waals surface area contributed by atoms with Gasteiger partial charge in [-0.2, -0.15) is 5.10 Å². The standard InChI is InChI=1S/C25H22FN7O2/c26-18-4-2-1-3-16(18)13-33-21(25-28-7-8-35-25)11-19(32-33)23-29-12-20(22(27)31-23)30-24(34)17-10-14-5-6-15(17)9-14/h1-8,11-12,14-15,17H,9-10,13H2,(H,30,34)(H2,27,29,31)/t14?,15-,17?/m0/s1. The highest BCUT2D eigenvalue weighted by Crippen LogP contribution is 2.44. The summed E-state index contributed by atoms with van der Waals surface area (Å²) in [6, 6.07) is 8.19. The molecule has 0 spiro atoms. The quantitative estimate of drug-likeness (QED) is 0.408. The van der Waals surface area contributed by atoms with Gasteiger partial charge in [0.2, 0.25) is 11.8 Å². The number of benzene rings is 1. The van der Waals surface area contributed by atoms with Crippen LogP contribution in [-0.2, 0) is 11.3 Å². The Morgan fingerprint density at radius 2 is 2.11 bits per heavy atom. The summed E-state index contributed by atoms with van der Waals surface area (Å²) in [7, 11) is 0. The first kappa shape index (κ1) is 21.2. The average Bonchev–Trinajstić information content (AvgIpc) is 3.66. The number of nitrogens with one attached hydrogen (secondary N) is 1. The number of hydrogen-bond donors (Lipinski definition) is 2. The van der Waals surface area contributed by atoms with Gasteiger partial charge in [-0.3, -0.25) is 9.48 Å². The van der Waals surface area contributed by atoms with Crippen molar-refractivity contribution >= 4 is 17.4 Å².